The van der Waals surface area contributed by atoms with E-state index < -0.39 is 0 Å². The monoisotopic (exact) mass is 159 g/mol. The van der Waals surface area contributed by atoms with Crippen LogP contribution in [0.1, 0.15) is 12.8 Å². The minimum absolute atomic E-state index is 0.985. The zero-order valence-corrected chi connectivity index (χ0v) is 7.16. The molecule has 1 heteroatoms. The second kappa shape index (κ2) is 4.50. The highest BCUT2D eigenvalue weighted by Gasteiger charge is 2.00. The molecule has 0 spiro atoms. The van der Waals surface area contributed by atoms with Crippen LogP contribution >= 0.6 is 0 Å². The van der Waals surface area contributed by atoms with E-state index in [-0.39, 0.29) is 0 Å². The Morgan fingerprint density at radius 2 is 2.42 bits per heavy atom. The summed E-state index contributed by atoms with van der Waals surface area (Å²) in [7, 11) is 0. The van der Waals surface area contributed by atoms with Crippen molar-refractivity contribution in [3.8, 4) is 0 Å². The third-order valence-electron chi connectivity index (χ3n) is 1.76. The van der Waals surface area contributed by atoms with Crippen LogP contribution in [-0.2, 0) is 0 Å². The Bertz CT molecular complexity index is 267. The van der Waals surface area contributed by atoms with Gasteiger partial charge in [0.1, 0.15) is 0 Å². The first-order valence-corrected chi connectivity index (χ1v) is 4.03. The molecule has 1 nitrogen and oxygen atoms in total. The van der Waals surface area contributed by atoms with E-state index in [0.717, 1.165) is 18.4 Å². The molecule has 0 radical (unpaired) electrons. The fourth-order valence-corrected chi connectivity index (χ4v) is 1.10. The standard InChI is InChI=1S/C11H13N/c1-3-12-9-10(2)11-7-5-4-6-8-11/h3-5,7,9H,1-2,6,8H2. The van der Waals surface area contributed by atoms with E-state index in [9.17, 15) is 0 Å². The van der Waals surface area contributed by atoms with Gasteiger partial charge in [-0.05, 0) is 24.0 Å². The molecule has 0 fully saturated rings. The van der Waals surface area contributed by atoms with Crippen molar-refractivity contribution in [2.24, 2.45) is 4.99 Å². The van der Waals surface area contributed by atoms with Gasteiger partial charge in [0.05, 0.1) is 0 Å². The third kappa shape index (κ3) is 2.35. The summed E-state index contributed by atoms with van der Waals surface area (Å²) in [5.74, 6) is 0. The zero-order valence-electron chi connectivity index (χ0n) is 7.16. The van der Waals surface area contributed by atoms with Gasteiger partial charge in [0, 0.05) is 12.4 Å². The maximum Gasteiger partial charge on any atom is 0.0336 e. The van der Waals surface area contributed by atoms with Gasteiger partial charge >= 0.3 is 0 Å². The number of hydrogen-bond acceptors (Lipinski definition) is 1. The molecular weight excluding hydrogens is 146 g/mol. The molecule has 62 valence electrons. The maximum absolute atomic E-state index is 3.92. The van der Waals surface area contributed by atoms with Gasteiger partial charge in [0.2, 0.25) is 0 Å². The minimum atomic E-state index is 0.985. The van der Waals surface area contributed by atoms with Gasteiger partial charge in [0.15, 0.2) is 0 Å². The van der Waals surface area contributed by atoms with Crippen molar-refractivity contribution in [2.75, 3.05) is 0 Å². The predicted octanol–water partition coefficient (Wildman–Crippen LogP) is 3.03. The lowest BCUT2D eigenvalue weighted by atomic mass is 9.99. The second-order valence-electron chi connectivity index (χ2n) is 2.64. The van der Waals surface area contributed by atoms with Crippen LogP contribution in [0.2, 0.25) is 0 Å². The third-order valence-corrected chi connectivity index (χ3v) is 1.76. The van der Waals surface area contributed by atoms with E-state index in [2.05, 4.69) is 36.4 Å². The quantitative estimate of drug-likeness (QED) is 0.561. The van der Waals surface area contributed by atoms with Crippen molar-refractivity contribution in [2.45, 2.75) is 12.8 Å². The van der Waals surface area contributed by atoms with Crippen LogP contribution in [0.4, 0.5) is 0 Å². The number of nitrogens with zero attached hydrogens (tertiary/aromatic N) is 1. The first kappa shape index (κ1) is 8.72. The molecule has 1 aliphatic carbocycles. The smallest absolute Gasteiger partial charge is 0.0336 e. The summed E-state index contributed by atoms with van der Waals surface area (Å²) in [6, 6.07) is 0. The molecule has 0 heterocycles. The highest BCUT2D eigenvalue weighted by Crippen LogP contribution is 2.17. The van der Waals surface area contributed by atoms with E-state index in [0.29, 0.717) is 0 Å². The summed E-state index contributed by atoms with van der Waals surface area (Å²) in [6.45, 7) is 7.42. The van der Waals surface area contributed by atoms with Gasteiger partial charge in [-0.3, -0.25) is 4.99 Å². The molecule has 0 aromatic heterocycles. The van der Waals surface area contributed by atoms with Crippen LogP contribution in [0.25, 0.3) is 0 Å². The number of hydrogen-bond donors (Lipinski definition) is 0. The normalized spacial score (nSPS) is 16.2. The molecule has 0 aromatic carbocycles. The van der Waals surface area contributed by atoms with Crippen molar-refractivity contribution in [1.29, 1.82) is 0 Å². The van der Waals surface area contributed by atoms with Crippen LogP contribution in [0, 0.1) is 0 Å². The fourth-order valence-electron chi connectivity index (χ4n) is 1.10. The summed E-state index contributed by atoms with van der Waals surface area (Å²) in [4.78, 5) is 3.92. The SMILES string of the molecule is C=CN=CC(=C)C1=CC=CCC1. The Balaban J connectivity index is 2.63. The molecule has 0 saturated carbocycles. The number of allylic oxidation sites excluding steroid dienone is 5. The van der Waals surface area contributed by atoms with Gasteiger partial charge < -0.3 is 0 Å². The lowest BCUT2D eigenvalue weighted by molar-refractivity contribution is 0.984. The molecule has 0 bridgehead atoms. The predicted molar refractivity (Wildman–Crippen MR) is 54.3 cm³/mol. The first-order chi connectivity index (χ1) is 5.84. The van der Waals surface area contributed by atoms with E-state index >= 15 is 0 Å². The Hall–Kier alpha value is -1.37. The summed E-state index contributed by atoms with van der Waals surface area (Å²) in [6.07, 6.45) is 11.7. The Labute approximate surface area is 73.5 Å². The van der Waals surface area contributed by atoms with Crippen molar-refractivity contribution in [3.63, 3.8) is 0 Å². The molecule has 1 aliphatic rings. The Morgan fingerprint density at radius 3 is 3.00 bits per heavy atom. The highest BCUT2D eigenvalue weighted by atomic mass is 14.7. The van der Waals surface area contributed by atoms with E-state index in [4.69, 9.17) is 0 Å². The lowest BCUT2D eigenvalue weighted by Gasteiger charge is -2.07. The lowest BCUT2D eigenvalue weighted by Crippen LogP contribution is -1.92. The molecule has 0 aromatic rings. The number of aliphatic imine (C=N–C) groups is 1. The van der Waals surface area contributed by atoms with E-state index in [1.165, 1.54) is 11.8 Å². The van der Waals surface area contributed by atoms with Gasteiger partial charge in [-0.15, -0.1) is 0 Å². The Morgan fingerprint density at radius 1 is 1.58 bits per heavy atom. The zero-order chi connectivity index (χ0) is 8.81. The van der Waals surface area contributed by atoms with Crippen LogP contribution in [-0.4, -0.2) is 6.21 Å². The van der Waals surface area contributed by atoms with Gasteiger partial charge in [-0.1, -0.05) is 31.4 Å². The van der Waals surface area contributed by atoms with Gasteiger partial charge in [-0.25, -0.2) is 0 Å². The van der Waals surface area contributed by atoms with Crippen molar-refractivity contribution in [3.05, 3.63) is 48.7 Å². The molecule has 1 rings (SSSR count). The van der Waals surface area contributed by atoms with Crippen molar-refractivity contribution < 1.29 is 0 Å². The molecule has 0 N–H and O–H groups in total. The molecule has 0 amide bonds. The molecule has 12 heavy (non-hydrogen) atoms. The average molecular weight is 159 g/mol. The van der Waals surface area contributed by atoms with Crippen LogP contribution in [0.15, 0.2) is 53.7 Å². The molecule has 0 unspecified atom stereocenters. The fraction of sp³-hybridized carbons (Fsp3) is 0.182. The first-order valence-electron chi connectivity index (χ1n) is 4.03. The Kier molecular flexibility index (Phi) is 3.27. The second-order valence-corrected chi connectivity index (χ2v) is 2.64. The van der Waals surface area contributed by atoms with E-state index in [1.807, 2.05) is 0 Å². The van der Waals surface area contributed by atoms with Gasteiger partial charge in [-0.2, -0.15) is 0 Å². The van der Waals surface area contributed by atoms with Crippen LogP contribution in [0.3, 0.4) is 0 Å². The van der Waals surface area contributed by atoms with Crippen molar-refractivity contribution >= 4 is 6.21 Å². The highest BCUT2D eigenvalue weighted by molar-refractivity contribution is 5.84. The summed E-state index contributed by atoms with van der Waals surface area (Å²) in [5.41, 5.74) is 2.25. The molecular formula is C11H13N. The van der Waals surface area contributed by atoms with Crippen molar-refractivity contribution in [1.82, 2.24) is 0 Å². The molecule has 0 aliphatic heterocycles. The molecule has 0 saturated heterocycles. The van der Waals surface area contributed by atoms with Gasteiger partial charge in [0.25, 0.3) is 0 Å². The molecule has 0 atom stereocenters. The summed E-state index contributed by atoms with van der Waals surface area (Å²) < 4.78 is 0. The summed E-state index contributed by atoms with van der Waals surface area (Å²) >= 11 is 0. The average Bonchev–Trinajstić information content (AvgIpc) is 2.15. The topological polar surface area (TPSA) is 12.4 Å². The van der Waals surface area contributed by atoms with E-state index in [1.54, 1.807) is 6.21 Å². The van der Waals surface area contributed by atoms with Crippen LogP contribution in [0.5, 0.6) is 0 Å². The maximum atomic E-state index is 3.92. The summed E-state index contributed by atoms with van der Waals surface area (Å²) in [5, 5.41) is 0. The largest absolute Gasteiger partial charge is 0.265 e. The van der Waals surface area contributed by atoms with Crippen LogP contribution < -0.4 is 0 Å². The minimum Gasteiger partial charge on any atom is -0.265 e. The number of rotatable bonds is 3.